The molecule has 1 aromatic heterocycles. The summed E-state index contributed by atoms with van der Waals surface area (Å²) in [6, 6.07) is 10.0. The molecule has 0 spiro atoms. The molecular weight excluding hydrogens is 262 g/mol. The Balaban J connectivity index is 2.02. The van der Waals surface area contributed by atoms with E-state index in [4.69, 9.17) is 0 Å². The van der Waals surface area contributed by atoms with Gasteiger partial charge in [-0.05, 0) is 56.9 Å². The van der Waals surface area contributed by atoms with Gasteiger partial charge in [0.2, 0.25) is 0 Å². The fourth-order valence-electron chi connectivity index (χ4n) is 2.17. The number of hydrogen-bond acceptors (Lipinski definition) is 3. The lowest BCUT2D eigenvalue weighted by Crippen LogP contribution is -2.35. The van der Waals surface area contributed by atoms with Crippen molar-refractivity contribution in [2.24, 2.45) is 0 Å². The average Bonchev–Trinajstić information content (AvgIpc) is 2.44. The number of benzene rings is 1. The van der Waals surface area contributed by atoms with Crippen LogP contribution in [0, 0.1) is 20.8 Å². The second-order valence-electron chi connectivity index (χ2n) is 5.50. The molecule has 2 rings (SSSR count). The Morgan fingerprint density at radius 2 is 1.86 bits per heavy atom. The Morgan fingerprint density at radius 1 is 1.14 bits per heavy atom. The van der Waals surface area contributed by atoms with E-state index in [0.29, 0.717) is 5.69 Å². The van der Waals surface area contributed by atoms with Crippen LogP contribution in [0.2, 0.25) is 0 Å². The van der Waals surface area contributed by atoms with Crippen LogP contribution in [0.25, 0.3) is 0 Å². The summed E-state index contributed by atoms with van der Waals surface area (Å²) in [5, 5.41) is 10.9. The molecule has 0 aliphatic heterocycles. The zero-order valence-electron chi connectivity index (χ0n) is 13.0. The van der Waals surface area contributed by atoms with E-state index in [0.717, 1.165) is 17.7 Å². The van der Waals surface area contributed by atoms with Crippen molar-refractivity contribution < 1.29 is 4.79 Å². The molecule has 0 bridgehead atoms. The lowest BCUT2D eigenvalue weighted by molar-refractivity contribution is 0.0934. The molecule has 1 N–H and O–H groups in total. The molecule has 4 nitrogen and oxygen atoms in total. The highest BCUT2D eigenvalue weighted by Crippen LogP contribution is 2.10. The van der Waals surface area contributed by atoms with E-state index in [1.807, 2.05) is 32.9 Å². The number of carbonyl (C=O) groups is 1. The molecule has 1 heterocycles. The SMILES string of the molecule is Cc1ccccc1CC(C)NC(=O)c1cc(C)c(C)nn1. The van der Waals surface area contributed by atoms with Gasteiger partial charge >= 0.3 is 0 Å². The van der Waals surface area contributed by atoms with Crippen LogP contribution in [-0.4, -0.2) is 22.1 Å². The molecule has 110 valence electrons. The quantitative estimate of drug-likeness (QED) is 0.938. The minimum absolute atomic E-state index is 0.0435. The Morgan fingerprint density at radius 3 is 2.52 bits per heavy atom. The molecule has 1 atom stereocenters. The fraction of sp³-hybridized carbons (Fsp3) is 0.353. The molecule has 0 fully saturated rings. The van der Waals surface area contributed by atoms with E-state index in [-0.39, 0.29) is 11.9 Å². The van der Waals surface area contributed by atoms with Gasteiger partial charge in [-0.1, -0.05) is 24.3 Å². The normalized spacial score (nSPS) is 12.0. The van der Waals surface area contributed by atoms with E-state index in [1.54, 1.807) is 6.07 Å². The summed E-state index contributed by atoms with van der Waals surface area (Å²) >= 11 is 0. The van der Waals surface area contributed by atoms with E-state index < -0.39 is 0 Å². The van der Waals surface area contributed by atoms with Crippen LogP contribution in [-0.2, 0) is 6.42 Å². The number of amides is 1. The molecule has 1 unspecified atom stereocenters. The van der Waals surface area contributed by atoms with Gasteiger partial charge in [0.15, 0.2) is 5.69 Å². The number of aromatic nitrogens is 2. The lowest BCUT2D eigenvalue weighted by atomic mass is 10.0. The maximum atomic E-state index is 12.2. The predicted octanol–water partition coefficient (Wildman–Crippen LogP) is 2.76. The van der Waals surface area contributed by atoms with Crippen LogP contribution in [0.3, 0.4) is 0 Å². The van der Waals surface area contributed by atoms with Crippen molar-refractivity contribution in [3.63, 3.8) is 0 Å². The largest absolute Gasteiger partial charge is 0.348 e. The molecule has 4 heteroatoms. The van der Waals surface area contributed by atoms with Gasteiger partial charge in [-0.15, -0.1) is 5.10 Å². The monoisotopic (exact) mass is 283 g/mol. The lowest BCUT2D eigenvalue weighted by Gasteiger charge is -2.15. The van der Waals surface area contributed by atoms with Crippen molar-refractivity contribution >= 4 is 5.91 Å². The molecule has 1 amide bonds. The minimum Gasteiger partial charge on any atom is -0.348 e. The third kappa shape index (κ3) is 3.88. The topological polar surface area (TPSA) is 54.9 Å². The van der Waals surface area contributed by atoms with Gasteiger partial charge in [0.05, 0.1) is 5.69 Å². The summed E-state index contributed by atoms with van der Waals surface area (Å²) in [7, 11) is 0. The van der Waals surface area contributed by atoms with Crippen LogP contribution < -0.4 is 5.32 Å². The smallest absolute Gasteiger partial charge is 0.272 e. The first-order chi connectivity index (χ1) is 9.97. The summed E-state index contributed by atoms with van der Waals surface area (Å²) in [5.74, 6) is -0.174. The van der Waals surface area contributed by atoms with Gasteiger partial charge in [0.1, 0.15) is 0 Å². The van der Waals surface area contributed by atoms with E-state index in [1.165, 1.54) is 11.1 Å². The Hall–Kier alpha value is -2.23. The second kappa shape index (κ2) is 6.48. The maximum absolute atomic E-state index is 12.2. The number of hydrogen-bond donors (Lipinski definition) is 1. The first-order valence-corrected chi connectivity index (χ1v) is 7.13. The Kier molecular flexibility index (Phi) is 4.68. The maximum Gasteiger partial charge on any atom is 0.272 e. The molecule has 21 heavy (non-hydrogen) atoms. The van der Waals surface area contributed by atoms with Crippen LogP contribution in [0.1, 0.15) is 39.8 Å². The van der Waals surface area contributed by atoms with Crippen molar-refractivity contribution in [3.8, 4) is 0 Å². The van der Waals surface area contributed by atoms with Gasteiger partial charge in [0, 0.05) is 6.04 Å². The van der Waals surface area contributed by atoms with Crippen molar-refractivity contribution in [1.82, 2.24) is 15.5 Å². The molecule has 0 saturated carbocycles. The van der Waals surface area contributed by atoms with Crippen LogP contribution >= 0.6 is 0 Å². The first kappa shape index (κ1) is 15.2. The standard InChI is InChI=1S/C17H21N3O/c1-11-7-5-6-8-15(11)10-13(3)18-17(21)16-9-12(2)14(4)19-20-16/h5-9,13H,10H2,1-4H3,(H,18,21). The molecular formula is C17H21N3O. The number of aryl methyl sites for hydroxylation is 3. The van der Waals surface area contributed by atoms with E-state index in [9.17, 15) is 4.79 Å². The fourth-order valence-corrected chi connectivity index (χ4v) is 2.17. The number of nitrogens with one attached hydrogen (secondary N) is 1. The van der Waals surface area contributed by atoms with Gasteiger partial charge < -0.3 is 5.32 Å². The summed E-state index contributed by atoms with van der Waals surface area (Å²) in [5.41, 5.74) is 4.68. The van der Waals surface area contributed by atoms with Gasteiger partial charge in [-0.3, -0.25) is 4.79 Å². The van der Waals surface area contributed by atoms with Crippen molar-refractivity contribution in [3.05, 3.63) is 58.4 Å². The van der Waals surface area contributed by atoms with Crippen LogP contribution in [0.5, 0.6) is 0 Å². The third-order valence-corrected chi connectivity index (χ3v) is 3.63. The molecule has 0 aliphatic rings. The van der Waals surface area contributed by atoms with E-state index >= 15 is 0 Å². The summed E-state index contributed by atoms with van der Waals surface area (Å²) in [6.45, 7) is 7.89. The number of rotatable bonds is 4. The minimum atomic E-state index is -0.174. The summed E-state index contributed by atoms with van der Waals surface area (Å²) in [6.07, 6.45) is 0.802. The summed E-state index contributed by atoms with van der Waals surface area (Å²) in [4.78, 5) is 12.2. The van der Waals surface area contributed by atoms with Crippen molar-refractivity contribution in [1.29, 1.82) is 0 Å². The number of nitrogens with zero attached hydrogens (tertiary/aromatic N) is 2. The average molecular weight is 283 g/mol. The Bertz CT molecular complexity index is 652. The first-order valence-electron chi connectivity index (χ1n) is 7.13. The van der Waals surface area contributed by atoms with Gasteiger partial charge in [0.25, 0.3) is 5.91 Å². The third-order valence-electron chi connectivity index (χ3n) is 3.63. The molecule has 1 aromatic carbocycles. The summed E-state index contributed by atoms with van der Waals surface area (Å²) < 4.78 is 0. The molecule has 0 saturated heterocycles. The van der Waals surface area contributed by atoms with Crippen molar-refractivity contribution in [2.75, 3.05) is 0 Å². The number of carbonyl (C=O) groups excluding carboxylic acids is 1. The van der Waals surface area contributed by atoms with Gasteiger partial charge in [-0.2, -0.15) is 5.10 Å². The van der Waals surface area contributed by atoms with Gasteiger partial charge in [-0.25, -0.2) is 0 Å². The molecule has 2 aromatic rings. The highest BCUT2D eigenvalue weighted by atomic mass is 16.2. The van der Waals surface area contributed by atoms with Crippen molar-refractivity contribution in [2.45, 2.75) is 40.2 Å². The second-order valence-corrected chi connectivity index (χ2v) is 5.50. The zero-order chi connectivity index (χ0) is 15.4. The predicted molar refractivity (Wildman–Crippen MR) is 83.3 cm³/mol. The highest BCUT2D eigenvalue weighted by Gasteiger charge is 2.13. The van der Waals surface area contributed by atoms with E-state index in [2.05, 4.69) is 34.6 Å². The zero-order valence-corrected chi connectivity index (χ0v) is 13.0. The molecule has 0 aliphatic carbocycles. The molecule has 0 radical (unpaired) electrons. The van der Waals surface area contributed by atoms with Crippen LogP contribution in [0.4, 0.5) is 0 Å². The van der Waals surface area contributed by atoms with Crippen LogP contribution in [0.15, 0.2) is 30.3 Å². The Labute approximate surface area is 125 Å². The highest BCUT2D eigenvalue weighted by molar-refractivity contribution is 5.92.